The van der Waals surface area contributed by atoms with Crippen LogP contribution in [0.1, 0.15) is 5.56 Å². The number of hydrogen-bond donors (Lipinski definition) is 0. The van der Waals surface area contributed by atoms with E-state index in [-0.39, 0.29) is 5.69 Å². The average molecular weight is 341 g/mol. The highest BCUT2D eigenvalue weighted by Gasteiger charge is 2.34. The second-order valence-electron chi connectivity index (χ2n) is 5.83. The number of anilines is 2. The van der Waals surface area contributed by atoms with E-state index >= 15 is 0 Å². The molecule has 0 saturated heterocycles. The van der Waals surface area contributed by atoms with Gasteiger partial charge in [0.1, 0.15) is 5.58 Å². The number of hydrogen-bond acceptors (Lipinski definition) is 2. The molecule has 0 aliphatic heterocycles. The molecule has 0 radical (unpaired) electrons. The van der Waals surface area contributed by atoms with E-state index < -0.39 is 11.7 Å². The van der Waals surface area contributed by atoms with Crippen LogP contribution in [0.25, 0.3) is 21.9 Å². The smallest absolute Gasteiger partial charge is 0.418 e. The fourth-order valence-corrected chi connectivity index (χ4v) is 3.13. The number of alkyl halides is 3. The lowest BCUT2D eigenvalue weighted by Crippen LogP contribution is -2.16. The highest BCUT2D eigenvalue weighted by atomic mass is 19.4. The van der Waals surface area contributed by atoms with Crippen molar-refractivity contribution in [3.05, 3.63) is 72.3 Å². The van der Waals surface area contributed by atoms with Crippen LogP contribution in [-0.2, 0) is 6.18 Å². The Bertz CT molecular complexity index is 1070. The monoisotopic (exact) mass is 341 g/mol. The molecular weight excluding hydrogens is 327 g/mol. The standard InChI is InChI=1S/C20H14F3NO/c1-24(16-10-4-3-9-15(16)20(21,22)23)17-11-6-8-14-13-7-2-5-12-18(13)25-19(14)17/h2-12H,1H3. The number of para-hydroxylation sites is 3. The quantitative estimate of drug-likeness (QED) is 0.421. The predicted octanol–water partition coefficient (Wildman–Crippen LogP) is 6.37. The minimum atomic E-state index is -4.42. The molecule has 4 aromatic rings. The molecule has 0 unspecified atom stereocenters. The van der Waals surface area contributed by atoms with Crippen molar-refractivity contribution in [1.29, 1.82) is 0 Å². The summed E-state index contributed by atoms with van der Waals surface area (Å²) in [6.45, 7) is 0. The first kappa shape index (κ1) is 15.6. The SMILES string of the molecule is CN(c1ccccc1C(F)(F)F)c1cccc2c1oc1ccccc12. The maximum atomic E-state index is 13.4. The highest BCUT2D eigenvalue weighted by Crippen LogP contribution is 2.41. The molecule has 0 N–H and O–H groups in total. The van der Waals surface area contributed by atoms with E-state index in [1.165, 1.54) is 17.0 Å². The molecule has 0 fully saturated rings. The summed E-state index contributed by atoms with van der Waals surface area (Å²) in [6, 6.07) is 18.6. The second kappa shape index (κ2) is 5.55. The van der Waals surface area contributed by atoms with Gasteiger partial charge in [-0.25, -0.2) is 0 Å². The van der Waals surface area contributed by atoms with Crippen molar-refractivity contribution < 1.29 is 17.6 Å². The predicted molar refractivity (Wildman–Crippen MR) is 93.2 cm³/mol. The molecule has 2 nitrogen and oxygen atoms in total. The minimum absolute atomic E-state index is 0.0861. The van der Waals surface area contributed by atoms with Crippen LogP contribution in [0.3, 0.4) is 0 Å². The number of fused-ring (bicyclic) bond motifs is 3. The second-order valence-corrected chi connectivity index (χ2v) is 5.83. The van der Waals surface area contributed by atoms with Crippen LogP contribution in [0.5, 0.6) is 0 Å². The molecule has 0 spiro atoms. The summed E-state index contributed by atoms with van der Waals surface area (Å²) in [5, 5.41) is 1.82. The van der Waals surface area contributed by atoms with Gasteiger partial charge in [0, 0.05) is 17.8 Å². The van der Waals surface area contributed by atoms with Crippen LogP contribution < -0.4 is 4.90 Å². The van der Waals surface area contributed by atoms with E-state index in [9.17, 15) is 13.2 Å². The summed E-state index contributed by atoms with van der Waals surface area (Å²) >= 11 is 0. The molecule has 0 aliphatic carbocycles. The fourth-order valence-electron chi connectivity index (χ4n) is 3.13. The number of rotatable bonds is 2. The highest BCUT2D eigenvalue weighted by molar-refractivity contribution is 6.09. The Morgan fingerprint density at radius 2 is 1.40 bits per heavy atom. The molecule has 0 aliphatic rings. The van der Waals surface area contributed by atoms with Gasteiger partial charge in [-0.15, -0.1) is 0 Å². The van der Waals surface area contributed by atoms with E-state index in [0.29, 0.717) is 16.9 Å². The number of furan rings is 1. The van der Waals surface area contributed by atoms with E-state index in [0.717, 1.165) is 16.8 Å². The average Bonchev–Trinajstić information content (AvgIpc) is 2.99. The summed E-state index contributed by atoms with van der Waals surface area (Å²) in [7, 11) is 1.62. The largest absolute Gasteiger partial charge is 0.454 e. The van der Waals surface area contributed by atoms with Crippen LogP contribution in [0.2, 0.25) is 0 Å². The third kappa shape index (κ3) is 2.52. The number of benzene rings is 3. The maximum absolute atomic E-state index is 13.4. The van der Waals surface area contributed by atoms with Crippen LogP contribution >= 0.6 is 0 Å². The third-order valence-electron chi connectivity index (χ3n) is 4.32. The molecule has 1 heterocycles. The lowest BCUT2D eigenvalue weighted by atomic mass is 10.1. The first-order valence-corrected chi connectivity index (χ1v) is 7.77. The van der Waals surface area contributed by atoms with Gasteiger partial charge in [0.15, 0.2) is 5.58 Å². The van der Waals surface area contributed by atoms with Crippen molar-refractivity contribution in [1.82, 2.24) is 0 Å². The zero-order valence-corrected chi connectivity index (χ0v) is 13.3. The van der Waals surface area contributed by atoms with E-state index in [1.54, 1.807) is 19.2 Å². The molecular formula is C20H14F3NO. The Kier molecular flexibility index (Phi) is 3.46. The lowest BCUT2D eigenvalue weighted by molar-refractivity contribution is -0.137. The molecule has 0 saturated carbocycles. The molecule has 5 heteroatoms. The zero-order valence-electron chi connectivity index (χ0n) is 13.3. The molecule has 3 aromatic carbocycles. The summed E-state index contributed by atoms with van der Waals surface area (Å²) < 4.78 is 46.0. The van der Waals surface area contributed by atoms with Gasteiger partial charge in [-0.3, -0.25) is 0 Å². The van der Waals surface area contributed by atoms with Crippen LogP contribution in [-0.4, -0.2) is 7.05 Å². The van der Waals surface area contributed by atoms with Crippen LogP contribution in [0, 0.1) is 0 Å². The van der Waals surface area contributed by atoms with Crippen LogP contribution in [0.4, 0.5) is 24.5 Å². The van der Waals surface area contributed by atoms with Gasteiger partial charge >= 0.3 is 6.18 Å². The van der Waals surface area contributed by atoms with Gasteiger partial charge < -0.3 is 9.32 Å². The first-order valence-electron chi connectivity index (χ1n) is 7.77. The fraction of sp³-hybridized carbons (Fsp3) is 0.100. The van der Waals surface area contributed by atoms with Gasteiger partial charge in [0.2, 0.25) is 0 Å². The Hall–Kier alpha value is -2.95. The van der Waals surface area contributed by atoms with Crippen molar-refractivity contribution in [3.63, 3.8) is 0 Å². The van der Waals surface area contributed by atoms with E-state index in [4.69, 9.17) is 4.42 Å². The van der Waals surface area contributed by atoms with Crippen molar-refractivity contribution in [2.45, 2.75) is 6.18 Å². The molecule has 0 atom stereocenters. The van der Waals surface area contributed by atoms with Gasteiger partial charge in [-0.05, 0) is 24.3 Å². The summed E-state index contributed by atoms with van der Waals surface area (Å²) in [5.74, 6) is 0. The molecule has 1 aromatic heterocycles. The molecule has 25 heavy (non-hydrogen) atoms. The maximum Gasteiger partial charge on any atom is 0.418 e. The third-order valence-corrected chi connectivity index (χ3v) is 4.32. The van der Waals surface area contributed by atoms with E-state index in [2.05, 4.69) is 0 Å². The summed E-state index contributed by atoms with van der Waals surface area (Å²) in [5.41, 5.74) is 1.28. The minimum Gasteiger partial charge on any atom is -0.454 e. The molecule has 0 amide bonds. The van der Waals surface area contributed by atoms with Gasteiger partial charge in [-0.1, -0.05) is 42.5 Å². The normalized spacial score (nSPS) is 12.0. The Labute approximate surface area is 142 Å². The van der Waals surface area contributed by atoms with Crippen molar-refractivity contribution in [2.24, 2.45) is 0 Å². The molecule has 126 valence electrons. The summed E-state index contributed by atoms with van der Waals surface area (Å²) in [6.07, 6.45) is -4.42. The summed E-state index contributed by atoms with van der Waals surface area (Å²) in [4.78, 5) is 1.52. The van der Waals surface area contributed by atoms with Gasteiger partial charge in [0.25, 0.3) is 0 Å². The number of halogens is 3. The van der Waals surface area contributed by atoms with Crippen molar-refractivity contribution >= 4 is 33.3 Å². The van der Waals surface area contributed by atoms with Crippen molar-refractivity contribution in [2.75, 3.05) is 11.9 Å². The van der Waals surface area contributed by atoms with Gasteiger partial charge in [-0.2, -0.15) is 13.2 Å². The van der Waals surface area contributed by atoms with Crippen LogP contribution in [0.15, 0.2) is 71.1 Å². The Morgan fingerprint density at radius 3 is 2.20 bits per heavy atom. The molecule has 0 bridgehead atoms. The Balaban J connectivity index is 1.94. The van der Waals surface area contributed by atoms with E-state index in [1.807, 2.05) is 36.4 Å². The molecule has 4 rings (SSSR count). The van der Waals surface area contributed by atoms with Crippen molar-refractivity contribution in [3.8, 4) is 0 Å². The zero-order chi connectivity index (χ0) is 17.6. The first-order chi connectivity index (χ1) is 12.0. The topological polar surface area (TPSA) is 16.4 Å². The Morgan fingerprint density at radius 1 is 0.760 bits per heavy atom. The van der Waals surface area contributed by atoms with Gasteiger partial charge in [0.05, 0.1) is 16.9 Å². The number of nitrogens with zero attached hydrogens (tertiary/aromatic N) is 1. The lowest BCUT2D eigenvalue weighted by Gasteiger charge is -2.23.